The van der Waals surface area contributed by atoms with E-state index in [4.69, 9.17) is 16.3 Å². The molecule has 6 nitrogen and oxygen atoms in total. The summed E-state index contributed by atoms with van der Waals surface area (Å²) >= 11 is 5.81. The zero-order valence-electron chi connectivity index (χ0n) is 14.0. The molecule has 0 spiro atoms. The normalized spacial score (nSPS) is 14.5. The molecule has 0 aliphatic carbocycles. The summed E-state index contributed by atoms with van der Waals surface area (Å²) in [5.41, 5.74) is 3.02. The number of nitrogens with one attached hydrogen (secondary N) is 1. The molecule has 0 fully saturated rings. The third kappa shape index (κ3) is 4.75. The van der Waals surface area contributed by atoms with Gasteiger partial charge in [0.1, 0.15) is 0 Å². The van der Waals surface area contributed by atoms with Gasteiger partial charge >= 0.3 is 16.3 Å². The lowest BCUT2D eigenvalue weighted by atomic mass is 10.0. The monoisotopic (exact) mass is 394 g/mol. The van der Waals surface area contributed by atoms with Crippen LogP contribution in [-0.4, -0.2) is 32.0 Å². The molecule has 0 aromatic heterocycles. The Labute approximate surface area is 157 Å². The quantitative estimate of drug-likeness (QED) is 0.846. The Kier molecular flexibility index (Phi) is 5.80. The number of ether oxygens (including phenoxy) is 1. The van der Waals surface area contributed by atoms with Crippen LogP contribution in [-0.2, 0) is 34.3 Å². The van der Waals surface area contributed by atoms with Crippen LogP contribution in [0.4, 0.5) is 4.79 Å². The van der Waals surface area contributed by atoms with Crippen LogP contribution in [0.5, 0.6) is 0 Å². The van der Waals surface area contributed by atoms with E-state index in [2.05, 4.69) is 0 Å². The first-order valence-corrected chi connectivity index (χ1v) is 10.0. The van der Waals surface area contributed by atoms with E-state index in [1.165, 1.54) is 4.31 Å². The molecule has 8 heteroatoms. The molecule has 138 valence electrons. The van der Waals surface area contributed by atoms with Crippen LogP contribution in [0.15, 0.2) is 48.5 Å². The number of fused-ring (bicyclic) bond motifs is 1. The van der Waals surface area contributed by atoms with Crippen molar-refractivity contribution < 1.29 is 17.9 Å². The Morgan fingerprint density at radius 2 is 1.81 bits per heavy atom. The summed E-state index contributed by atoms with van der Waals surface area (Å²) in [4.78, 5) is 11.8. The van der Waals surface area contributed by atoms with Crippen molar-refractivity contribution in [3.8, 4) is 0 Å². The Bertz CT molecular complexity index is 884. The van der Waals surface area contributed by atoms with E-state index in [0.29, 0.717) is 24.4 Å². The van der Waals surface area contributed by atoms with Crippen LogP contribution in [0.2, 0.25) is 5.02 Å². The van der Waals surface area contributed by atoms with Gasteiger partial charge in [-0.25, -0.2) is 9.52 Å². The molecule has 3 rings (SSSR count). The number of hydrogen-bond acceptors (Lipinski definition) is 4. The van der Waals surface area contributed by atoms with Gasteiger partial charge < -0.3 is 4.74 Å². The van der Waals surface area contributed by atoms with E-state index < -0.39 is 16.3 Å². The SMILES string of the molecule is O=C(NS(=O)(=O)N1CCc2ccccc2C1)OCCc1ccc(Cl)cc1. The highest BCUT2D eigenvalue weighted by Crippen LogP contribution is 2.20. The second-order valence-corrected chi connectivity index (χ2v) is 8.08. The predicted octanol–water partition coefficient (Wildman–Crippen LogP) is 2.91. The minimum absolute atomic E-state index is 0.0752. The maximum absolute atomic E-state index is 12.4. The fourth-order valence-corrected chi connectivity index (χ4v) is 3.95. The smallest absolute Gasteiger partial charge is 0.421 e. The first kappa shape index (κ1) is 18.7. The standard InChI is InChI=1S/C18H19ClN2O4S/c19-17-7-5-14(6-8-17)10-12-25-18(22)20-26(23,24)21-11-9-15-3-1-2-4-16(15)13-21/h1-8H,9-13H2,(H,20,22). The van der Waals surface area contributed by atoms with Crippen molar-refractivity contribution in [1.82, 2.24) is 9.03 Å². The van der Waals surface area contributed by atoms with Gasteiger partial charge in [-0.15, -0.1) is 0 Å². The van der Waals surface area contributed by atoms with Crippen LogP contribution in [0.1, 0.15) is 16.7 Å². The van der Waals surface area contributed by atoms with E-state index in [0.717, 1.165) is 16.7 Å². The predicted molar refractivity (Wildman–Crippen MR) is 99.1 cm³/mol. The molecule has 2 aromatic rings. The minimum Gasteiger partial charge on any atom is -0.448 e. The van der Waals surface area contributed by atoms with E-state index in [9.17, 15) is 13.2 Å². The molecule has 0 saturated carbocycles. The molecule has 1 heterocycles. The zero-order chi connectivity index (χ0) is 18.6. The van der Waals surface area contributed by atoms with Crippen molar-refractivity contribution >= 4 is 27.9 Å². The van der Waals surface area contributed by atoms with Crippen molar-refractivity contribution in [2.75, 3.05) is 13.2 Å². The fraction of sp³-hybridized carbons (Fsp3) is 0.278. The second kappa shape index (κ2) is 8.07. The third-order valence-corrected chi connectivity index (χ3v) is 5.85. The van der Waals surface area contributed by atoms with Gasteiger partial charge in [-0.1, -0.05) is 48.0 Å². The maximum Gasteiger partial charge on any atom is 0.421 e. The van der Waals surface area contributed by atoms with Crippen molar-refractivity contribution in [2.24, 2.45) is 0 Å². The molecule has 1 N–H and O–H groups in total. The van der Waals surface area contributed by atoms with Crippen LogP contribution in [0.3, 0.4) is 0 Å². The van der Waals surface area contributed by atoms with Crippen LogP contribution < -0.4 is 4.72 Å². The maximum atomic E-state index is 12.4. The van der Waals surface area contributed by atoms with Gasteiger partial charge in [0.25, 0.3) is 0 Å². The number of rotatable bonds is 5. The first-order chi connectivity index (χ1) is 12.4. The molecular formula is C18H19ClN2O4S. The average molecular weight is 395 g/mol. The third-order valence-electron chi connectivity index (χ3n) is 4.19. The summed E-state index contributed by atoms with van der Waals surface area (Å²) in [7, 11) is -3.93. The number of benzene rings is 2. The summed E-state index contributed by atoms with van der Waals surface area (Å²) in [5.74, 6) is 0. The Hall–Kier alpha value is -2.09. The van der Waals surface area contributed by atoms with Crippen molar-refractivity contribution in [1.29, 1.82) is 0 Å². The van der Waals surface area contributed by atoms with Gasteiger partial charge in [0, 0.05) is 24.5 Å². The molecule has 0 unspecified atom stereocenters. The van der Waals surface area contributed by atoms with Gasteiger partial charge in [0.05, 0.1) is 6.61 Å². The van der Waals surface area contributed by atoms with E-state index in [1.54, 1.807) is 12.1 Å². The van der Waals surface area contributed by atoms with E-state index >= 15 is 0 Å². The lowest BCUT2D eigenvalue weighted by Crippen LogP contribution is -2.45. The number of nitrogens with zero attached hydrogens (tertiary/aromatic N) is 1. The highest BCUT2D eigenvalue weighted by Gasteiger charge is 2.28. The number of carbonyl (C=O) groups is 1. The topological polar surface area (TPSA) is 75.7 Å². The number of hydrogen-bond donors (Lipinski definition) is 1. The van der Waals surface area contributed by atoms with E-state index in [1.807, 2.05) is 41.1 Å². The molecule has 2 aromatic carbocycles. The highest BCUT2D eigenvalue weighted by molar-refractivity contribution is 7.87. The first-order valence-electron chi connectivity index (χ1n) is 8.20. The summed E-state index contributed by atoms with van der Waals surface area (Å²) in [6.07, 6.45) is 0.113. The molecule has 26 heavy (non-hydrogen) atoms. The largest absolute Gasteiger partial charge is 0.448 e. The van der Waals surface area contributed by atoms with Crippen molar-refractivity contribution in [2.45, 2.75) is 19.4 Å². The highest BCUT2D eigenvalue weighted by atomic mass is 35.5. The number of amides is 1. The lowest BCUT2D eigenvalue weighted by Gasteiger charge is -2.27. The molecule has 0 atom stereocenters. The summed E-state index contributed by atoms with van der Waals surface area (Å²) in [5, 5.41) is 0.626. The van der Waals surface area contributed by atoms with Crippen molar-refractivity contribution in [3.63, 3.8) is 0 Å². The van der Waals surface area contributed by atoms with Gasteiger partial charge in [0.15, 0.2) is 0 Å². The lowest BCUT2D eigenvalue weighted by molar-refractivity contribution is 0.153. The Morgan fingerprint density at radius 1 is 1.12 bits per heavy atom. The summed E-state index contributed by atoms with van der Waals surface area (Å²) in [6.45, 7) is 0.639. The van der Waals surface area contributed by atoms with Gasteiger partial charge in [-0.2, -0.15) is 12.7 Å². The van der Waals surface area contributed by atoms with Crippen LogP contribution in [0.25, 0.3) is 0 Å². The average Bonchev–Trinajstić information content (AvgIpc) is 2.62. The molecule has 0 saturated heterocycles. The zero-order valence-corrected chi connectivity index (χ0v) is 15.6. The number of halogens is 1. The van der Waals surface area contributed by atoms with Crippen LogP contribution in [0, 0.1) is 0 Å². The van der Waals surface area contributed by atoms with Gasteiger partial charge in [0.2, 0.25) is 0 Å². The van der Waals surface area contributed by atoms with E-state index in [-0.39, 0.29) is 13.2 Å². The second-order valence-electron chi connectivity index (χ2n) is 5.97. The Balaban J connectivity index is 1.51. The summed E-state index contributed by atoms with van der Waals surface area (Å²) < 4.78 is 32.9. The molecule has 1 aliphatic rings. The van der Waals surface area contributed by atoms with Crippen molar-refractivity contribution in [3.05, 3.63) is 70.2 Å². The summed E-state index contributed by atoms with van der Waals surface area (Å²) in [6, 6.07) is 14.8. The fourth-order valence-electron chi connectivity index (χ4n) is 2.79. The molecular weight excluding hydrogens is 376 g/mol. The number of carbonyl (C=O) groups excluding carboxylic acids is 1. The molecule has 1 amide bonds. The van der Waals surface area contributed by atoms with Gasteiger partial charge in [-0.3, -0.25) is 0 Å². The molecule has 1 aliphatic heterocycles. The molecule has 0 bridgehead atoms. The van der Waals surface area contributed by atoms with Gasteiger partial charge in [-0.05, 0) is 35.2 Å². The Morgan fingerprint density at radius 3 is 2.54 bits per heavy atom. The minimum atomic E-state index is -3.93. The molecule has 0 radical (unpaired) electrons. The van der Waals surface area contributed by atoms with Crippen LogP contribution >= 0.6 is 11.6 Å².